The van der Waals surface area contributed by atoms with Crippen molar-refractivity contribution in [3.63, 3.8) is 0 Å². The summed E-state index contributed by atoms with van der Waals surface area (Å²) in [6.45, 7) is 0.335. The zero-order chi connectivity index (χ0) is 17.6. The van der Waals surface area contributed by atoms with Gasteiger partial charge >= 0.3 is 0 Å². The van der Waals surface area contributed by atoms with Gasteiger partial charge in [-0.05, 0) is 34.5 Å². The van der Waals surface area contributed by atoms with Crippen LogP contribution in [0.1, 0.15) is 11.1 Å². The third-order valence-corrected chi connectivity index (χ3v) is 5.22. The first kappa shape index (κ1) is 15.0. The molecule has 3 aromatic carbocycles. The molecule has 3 aromatic rings. The van der Waals surface area contributed by atoms with Crippen molar-refractivity contribution in [1.29, 1.82) is 0 Å². The molecule has 1 N–H and O–H groups in total. The minimum Gasteiger partial charge on any atom is -0.491 e. The molecule has 0 saturated carbocycles. The fourth-order valence-corrected chi connectivity index (χ4v) is 3.92. The van der Waals surface area contributed by atoms with E-state index in [0.717, 1.165) is 33.3 Å². The number of amides is 1. The first-order valence-corrected chi connectivity index (χ1v) is 8.69. The smallest absolute Gasteiger partial charge is 0.243 e. The Hall–Kier alpha value is -3.33. The molecular formula is C23H17NO2. The predicted octanol–water partition coefficient (Wildman–Crippen LogP) is 4.59. The van der Waals surface area contributed by atoms with E-state index in [0.29, 0.717) is 6.61 Å². The topological polar surface area (TPSA) is 38.3 Å². The monoisotopic (exact) mass is 339 g/mol. The molecule has 0 fully saturated rings. The van der Waals surface area contributed by atoms with Crippen LogP contribution in [0.3, 0.4) is 0 Å². The van der Waals surface area contributed by atoms with E-state index in [2.05, 4.69) is 23.5 Å². The fraction of sp³-hybridized carbons (Fsp3) is 0.0870. The number of carbonyl (C=O) groups is 1. The molecule has 3 nitrogen and oxygen atoms in total. The number of ether oxygens (including phenoxy) is 1. The highest BCUT2D eigenvalue weighted by Crippen LogP contribution is 2.50. The molecule has 0 saturated heterocycles. The molecule has 0 aliphatic carbocycles. The van der Waals surface area contributed by atoms with Gasteiger partial charge in [0.1, 0.15) is 17.8 Å². The van der Waals surface area contributed by atoms with Crippen LogP contribution in [0.5, 0.6) is 5.75 Å². The van der Waals surface area contributed by atoms with Crippen molar-refractivity contribution in [2.75, 3.05) is 11.9 Å². The number of rotatable bonds is 0. The summed E-state index contributed by atoms with van der Waals surface area (Å²) in [7, 11) is 0. The van der Waals surface area contributed by atoms with E-state index in [4.69, 9.17) is 4.74 Å². The number of benzene rings is 2. The standard InChI is InChI=1S/C23H17NO2/c25-22-23(18-11-7-8-12-20(18)24-22)15-26-21-14-17-10-6-4-2-1-3-5-9-16(17)13-19(21)23/h1-14H,15H2,(H,24,25). The Bertz CT molecular complexity index is 1100. The second-order valence-electron chi connectivity index (χ2n) is 6.66. The van der Waals surface area contributed by atoms with Crippen molar-refractivity contribution in [3.8, 4) is 5.75 Å². The van der Waals surface area contributed by atoms with Gasteiger partial charge in [-0.15, -0.1) is 0 Å². The Morgan fingerprint density at radius 2 is 1.42 bits per heavy atom. The average molecular weight is 339 g/mol. The Kier molecular flexibility index (Phi) is 3.22. The van der Waals surface area contributed by atoms with E-state index in [1.165, 1.54) is 0 Å². The van der Waals surface area contributed by atoms with E-state index < -0.39 is 5.41 Å². The molecule has 0 radical (unpaired) electrons. The summed E-state index contributed by atoms with van der Waals surface area (Å²) in [5, 5.41) is 5.16. The highest BCUT2D eigenvalue weighted by atomic mass is 16.5. The van der Waals surface area contributed by atoms with Crippen molar-refractivity contribution in [2.45, 2.75) is 5.41 Å². The van der Waals surface area contributed by atoms with Gasteiger partial charge in [0, 0.05) is 11.3 Å². The number of fused-ring (bicyclic) bond motifs is 5. The van der Waals surface area contributed by atoms with E-state index >= 15 is 0 Å². The van der Waals surface area contributed by atoms with Gasteiger partial charge in [0.05, 0.1) is 0 Å². The lowest BCUT2D eigenvalue weighted by molar-refractivity contribution is -0.119. The summed E-state index contributed by atoms with van der Waals surface area (Å²) in [5.74, 6) is 0.768. The first-order valence-electron chi connectivity index (χ1n) is 8.69. The molecule has 5 rings (SSSR count). The molecule has 1 atom stereocenters. The SMILES string of the molecule is O=C1Nc2ccccc2C12COc1cc3ccccccccc3cc12. The van der Waals surface area contributed by atoms with Gasteiger partial charge in [-0.25, -0.2) is 0 Å². The predicted molar refractivity (Wildman–Crippen MR) is 103 cm³/mol. The van der Waals surface area contributed by atoms with E-state index in [1.54, 1.807) is 0 Å². The number of hydrogen-bond acceptors (Lipinski definition) is 2. The van der Waals surface area contributed by atoms with Crippen molar-refractivity contribution in [2.24, 2.45) is 0 Å². The first-order chi connectivity index (χ1) is 12.8. The number of anilines is 1. The maximum atomic E-state index is 13.0. The van der Waals surface area contributed by atoms with Crippen molar-refractivity contribution in [1.82, 2.24) is 0 Å². The van der Waals surface area contributed by atoms with Gasteiger partial charge < -0.3 is 10.1 Å². The van der Waals surface area contributed by atoms with Crippen LogP contribution < -0.4 is 10.1 Å². The summed E-state index contributed by atoms with van der Waals surface area (Å²) in [6.07, 6.45) is 0. The lowest BCUT2D eigenvalue weighted by Gasteiger charge is -2.20. The Morgan fingerprint density at radius 1 is 0.769 bits per heavy atom. The zero-order valence-corrected chi connectivity index (χ0v) is 14.1. The number of hydrogen-bond donors (Lipinski definition) is 1. The molecule has 0 aromatic heterocycles. The molecule has 1 spiro atoms. The molecule has 3 heteroatoms. The van der Waals surface area contributed by atoms with Gasteiger partial charge in [-0.1, -0.05) is 66.7 Å². The molecule has 1 unspecified atom stereocenters. The van der Waals surface area contributed by atoms with Gasteiger partial charge in [0.25, 0.3) is 0 Å². The molecule has 0 bridgehead atoms. The molecule has 126 valence electrons. The minimum absolute atomic E-state index is 0.0142. The summed E-state index contributed by atoms with van der Waals surface area (Å²) in [4.78, 5) is 13.0. The molecule has 2 aliphatic heterocycles. The van der Waals surface area contributed by atoms with Crippen LogP contribution in [0.4, 0.5) is 5.69 Å². The van der Waals surface area contributed by atoms with Crippen LogP contribution in [0.25, 0.3) is 10.8 Å². The summed E-state index contributed by atoms with van der Waals surface area (Å²) in [5.41, 5.74) is 2.04. The van der Waals surface area contributed by atoms with E-state index in [1.807, 2.05) is 66.7 Å². The second kappa shape index (κ2) is 5.60. The second-order valence-corrected chi connectivity index (χ2v) is 6.66. The van der Waals surface area contributed by atoms with Crippen molar-refractivity contribution >= 4 is 22.4 Å². The highest BCUT2D eigenvalue weighted by Gasteiger charge is 2.53. The third kappa shape index (κ3) is 2.04. The van der Waals surface area contributed by atoms with Gasteiger partial charge in [-0.3, -0.25) is 4.79 Å². The lowest BCUT2D eigenvalue weighted by atomic mass is 9.76. The maximum Gasteiger partial charge on any atom is 0.243 e. The summed E-state index contributed by atoms with van der Waals surface area (Å²) in [6, 6.07) is 28.1. The lowest BCUT2D eigenvalue weighted by Crippen LogP contribution is -2.37. The number of nitrogens with one attached hydrogen (secondary N) is 1. The Morgan fingerprint density at radius 3 is 2.23 bits per heavy atom. The van der Waals surface area contributed by atoms with E-state index in [9.17, 15) is 4.79 Å². The fourth-order valence-electron chi connectivity index (χ4n) is 3.92. The number of carbonyl (C=O) groups excluding carboxylic acids is 1. The molecule has 1 amide bonds. The zero-order valence-electron chi connectivity index (χ0n) is 14.1. The van der Waals surface area contributed by atoms with Crippen LogP contribution in [-0.4, -0.2) is 12.5 Å². The largest absolute Gasteiger partial charge is 0.491 e. The summed E-state index contributed by atoms with van der Waals surface area (Å²) < 4.78 is 6.01. The van der Waals surface area contributed by atoms with Gasteiger partial charge in [0.15, 0.2) is 0 Å². The van der Waals surface area contributed by atoms with Crippen molar-refractivity contribution in [3.05, 3.63) is 96.1 Å². The molecule has 26 heavy (non-hydrogen) atoms. The van der Waals surface area contributed by atoms with Crippen LogP contribution in [-0.2, 0) is 10.2 Å². The van der Waals surface area contributed by atoms with Gasteiger partial charge in [0.2, 0.25) is 5.91 Å². The summed E-state index contributed by atoms with van der Waals surface area (Å²) >= 11 is 0. The van der Waals surface area contributed by atoms with Crippen LogP contribution in [0.2, 0.25) is 0 Å². The molecule has 2 heterocycles. The normalized spacial score (nSPS) is 19.5. The quantitative estimate of drug-likeness (QED) is 0.650. The van der Waals surface area contributed by atoms with E-state index in [-0.39, 0.29) is 5.91 Å². The minimum atomic E-state index is -0.760. The molecular weight excluding hydrogens is 322 g/mol. The maximum absolute atomic E-state index is 13.0. The highest BCUT2D eigenvalue weighted by molar-refractivity contribution is 6.10. The van der Waals surface area contributed by atoms with Crippen LogP contribution >= 0.6 is 0 Å². The van der Waals surface area contributed by atoms with Crippen LogP contribution in [0.15, 0.2) is 84.9 Å². The average Bonchev–Trinajstić information content (AvgIpc) is 3.17. The van der Waals surface area contributed by atoms with Gasteiger partial charge in [-0.2, -0.15) is 0 Å². The third-order valence-electron chi connectivity index (χ3n) is 5.22. The van der Waals surface area contributed by atoms with Crippen molar-refractivity contribution < 1.29 is 9.53 Å². The number of para-hydroxylation sites is 1. The van der Waals surface area contributed by atoms with Crippen LogP contribution in [0, 0.1) is 0 Å². The molecule has 2 aliphatic rings. The Balaban J connectivity index is 1.81. The Labute approximate surface area is 151 Å².